The van der Waals surface area contributed by atoms with Gasteiger partial charge in [-0.2, -0.15) is 0 Å². The van der Waals surface area contributed by atoms with Crippen molar-refractivity contribution in [3.63, 3.8) is 0 Å². The first kappa shape index (κ1) is 37.8. The number of hydrogen-bond donors (Lipinski definition) is 0. The summed E-state index contributed by atoms with van der Waals surface area (Å²) in [6, 6.07) is 0.704. The first-order valence-electron chi connectivity index (χ1n) is 16.1. The van der Waals surface area contributed by atoms with E-state index in [2.05, 4.69) is 34.6 Å². The van der Waals surface area contributed by atoms with E-state index in [-0.39, 0.29) is 16.1 Å². The van der Waals surface area contributed by atoms with Crippen LogP contribution in [0.2, 0.25) is 6.04 Å². The second kappa shape index (κ2) is 27.0. The van der Waals surface area contributed by atoms with E-state index in [1.54, 1.807) is 0 Å². The average Bonchev–Trinajstić information content (AvgIpc) is 2.92. The minimum atomic E-state index is -2.82. The summed E-state index contributed by atoms with van der Waals surface area (Å²) >= 11 is 1.23. The maximum Gasteiger partial charge on any atom is 0.500 e. The lowest BCUT2D eigenvalue weighted by molar-refractivity contribution is -0.131. The van der Waals surface area contributed by atoms with E-state index >= 15 is 0 Å². The van der Waals surface area contributed by atoms with Crippen molar-refractivity contribution in [2.24, 2.45) is 0 Å². The standard InChI is InChI=1S/C31H62O5SSi/c1-6-11-15-16-17-18-19-20-21-22-23-30(32)31(33)37-29(10-5)24-28-38(34-25-12-7-2,35-26-13-8-3)36-27-14-9-4/h29H,6-28H2,1-5H3. The van der Waals surface area contributed by atoms with Gasteiger partial charge in [-0.15, -0.1) is 0 Å². The van der Waals surface area contributed by atoms with Gasteiger partial charge in [-0.25, -0.2) is 0 Å². The van der Waals surface area contributed by atoms with Crippen molar-refractivity contribution in [2.75, 3.05) is 19.8 Å². The second-order valence-corrected chi connectivity index (χ2v) is 14.6. The highest BCUT2D eigenvalue weighted by atomic mass is 32.2. The molecule has 0 saturated carbocycles. The highest BCUT2D eigenvalue weighted by Crippen LogP contribution is 2.28. The van der Waals surface area contributed by atoms with Crippen LogP contribution in [0, 0.1) is 0 Å². The maximum absolute atomic E-state index is 12.7. The number of rotatable bonds is 29. The van der Waals surface area contributed by atoms with Crippen LogP contribution in [0.3, 0.4) is 0 Å². The van der Waals surface area contributed by atoms with E-state index in [0.717, 1.165) is 64.2 Å². The van der Waals surface area contributed by atoms with Gasteiger partial charge in [0.25, 0.3) is 5.12 Å². The number of unbranched alkanes of at least 4 members (excludes halogenated alkanes) is 12. The minimum absolute atomic E-state index is 0.0883. The fraction of sp³-hybridized carbons (Fsp3) is 0.935. The van der Waals surface area contributed by atoms with Crippen LogP contribution in [-0.4, -0.2) is 44.8 Å². The quantitative estimate of drug-likeness (QED) is 0.0503. The Bertz CT molecular complexity index is 534. The summed E-state index contributed by atoms with van der Waals surface area (Å²) < 4.78 is 19.1. The highest BCUT2D eigenvalue weighted by Gasteiger charge is 2.41. The van der Waals surface area contributed by atoms with Crippen molar-refractivity contribution in [1.82, 2.24) is 0 Å². The summed E-state index contributed by atoms with van der Waals surface area (Å²) in [6.07, 6.45) is 20.4. The lowest BCUT2D eigenvalue weighted by Crippen LogP contribution is -2.47. The van der Waals surface area contributed by atoms with Gasteiger partial charge in [-0.1, -0.05) is 123 Å². The number of Topliss-reactive ketones (excluding diaryl/α,β-unsaturated/α-hetero) is 1. The largest absolute Gasteiger partial charge is 0.500 e. The predicted molar refractivity (Wildman–Crippen MR) is 166 cm³/mol. The van der Waals surface area contributed by atoms with Gasteiger partial charge in [-0.3, -0.25) is 9.59 Å². The summed E-state index contributed by atoms with van der Waals surface area (Å²) in [5.41, 5.74) is 0. The van der Waals surface area contributed by atoms with Crippen molar-refractivity contribution >= 4 is 31.5 Å². The van der Waals surface area contributed by atoms with Gasteiger partial charge in [-0.05, 0) is 38.5 Å². The molecular weight excluding hydrogens is 512 g/mol. The van der Waals surface area contributed by atoms with Gasteiger partial charge >= 0.3 is 8.80 Å². The molecule has 1 unspecified atom stereocenters. The number of carbonyl (C=O) groups is 2. The van der Waals surface area contributed by atoms with Crippen LogP contribution in [0.4, 0.5) is 0 Å². The van der Waals surface area contributed by atoms with E-state index in [1.165, 1.54) is 63.1 Å². The molecule has 0 aliphatic carbocycles. The van der Waals surface area contributed by atoms with E-state index in [1.807, 2.05) is 0 Å². The van der Waals surface area contributed by atoms with E-state index in [4.69, 9.17) is 13.3 Å². The van der Waals surface area contributed by atoms with Crippen molar-refractivity contribution in [3.05, 3.63) is 0 Å². The van der Waals surface area contributed by atoms with Gasteiger partial charge in [0, 0.05) is 37.5 Å². The van der Waals surface area contributed by atoms with Crippen LogP contribution in [0.25, 0.3) is 0 Å². The molecule has 0 spiro atoms. The molecule has 0 saturated heterocycles. The highest BCUT2D eigenvalue weighted by molar-refractivity contribution is 8.15. The SMILES string of the molecule is CCCCCCCCCCCCC(=O)C(=O)SC(CC)CC[Si](OCCCC)(OCCCC)OCCCC. The van der Waals surface area contributed by atoms with Crippen LogP contribution in [0.5, 0.6) is 0 Å². The van der Waals surface area contributed by atoms with Crippen molar-refractivity contribution in [1.29, 1.82) is 0 Å². The fourth-order valence-electron chi connectivity index (χ4n) is 4.23. The third-order valence-electron chi connectivity index (χ3n) is 6.95. The molecular formula is C31H62O5SSi. The maximum atomic E-state index is 12.7. The molecule has 5 nitrogen and oxygen atoms in total. The summed E-state index contributed by atoms with van der Waals surface area (Å²) in [5.74, 6) is -0.214. The van der Waals surface area contributed by atoms with Crippen molar-refractivity contribution in [3.8, 4) is 0 Å². The molecule has 0 aromatic carbocycles. The fourth-order valence-corrected chi connectivity index (χ4v) is 8.13. The number of carbonyl (C=O) groups excluding carboxylic acids is 2. The molecule has 0 aromatic rings. The number of ketones is 1. The topological polar surface area (TPSA) is 61.8 Å². The Morgan fingerprint density at radius 1 is 0.605 bits per heavy atom. The Hall–Kier alpha value is -0.213. The average molecular weight is 575 g/mol. The Morgan fingerprint density at radius 3 is 1.45 bits per heavy atom. The molecule has 226 valence electrons. The molecule has 0 radical (unpaired) electrons. The zero-order valence-corrected chi connectivity index (χ0v) is 27.6. The summed E-state index contributed by atoms with van der Waals surface area (Å²) in [4.78, 5) is 25.2. The Balaban J connectivity index is 4.62. The summed E-state index contributed by atoms with van der Waals surface area (Å²) in [5, 5.41) is -0.184. The molecule has 38 heavy (non-hydrogen) atoms. The molecule has 0 aliphatic rings. The minimum Gasteiger partial charge on any atom is -0.373 e. The van der Waals surface area contributed by atoms with E-state index in [0.29, 0.717) is 32.3 Å². The first-order valence-corrected chi connectivity index (χ1v) is 18.9. The van der Waals surface area contributed by atoms with Gasteiger partial charge in [0.15, 0.2) is 0 Å². The normalized spacial score (nSPS) is 12.7. The first-order chi connectivity index (χ1) is 18.5. The van der Waals surface area contributed by atoms with E-state index in [9.17, 15) is 9.59 Å². The van der Waals surface area contributed by atoms with Crippen LogP contribution in [0.15, 0.2) is 0 Å². The molecule has 0 heterocycles. The van der Waals surface area contributed by atoms with Gasteiger partial charge in [0.2, 0.25) is 5.78 Å². The third-order valence-corrected chi connectivity index (χ3v) is 11.1. The van der Waals surface area contributed by atoms with Crippen LogP contribution >= 0.6 is 11.8 Å². The number of thioether (sulfide) groups is 1. The van der Waals surface area contributed by atoms with Crippen LogP contribution in [0.1, 0.15) is 157 Å². The molecule has 0 aromatic heterocycles. The Kier molecular flexibility index (Phi) is 26.8. The number of hydrogen-bond acceptors (Lipinski definition) is 6. The van der Waals surface area contributed by atoms with E-state index < -0.39 is 8.80 Å². The Labute approximate surface area is 241 Å². The lowest BCUT2D eigenvalue weighted by Gasteiger charge is -2.31. The molecule has 0 N–H and O–H groups in total. The molecule has 0 amide bonds. The van der Waals surface area contributed by atoms with Crippen LogP contribution < -0.4 is 0 Å². The summed E-state index contributed by atoms with van der Waals surface area (Å²) in [7, 11) is -2.82. The summed E-state index contributed by atoms with van der Waals surface area (Å²) in [6.45, 7) is 12.8. The Morgan fingerprint density at radius 2 is 1.03 bits per heavy atom. The molecule has 0 aliphatic heterocycles. The molecule has 0 fully saturated rings. The van der Waals surface area contributed by atoms with Crippen LogP contribution in [-0.2, 0) is 22.9 Å². The molecule has 0 bridgehead atoms. The van der Waals surface area contributed by atoms with Gasteiger partial charge in [0.1, 0.15) is 0 Å². The predicted octanol–water partition coefficient (Wildman–Crippen LogP) is 9.68. The van der Waals surface area contributed by atoms with Gasteiger partial charge < -0.3 is 13.3 Å². The zero-order valence-electron chi connectivity index (χ0n) is 25.8. The third kappa shape index (κ3) is 20.7. The molecule has 1 atom stereocenters. The second-order valence-electron chi connectivity index (χ2n) is 10.6. The zero-order chi connectivity index (χ0) is 28.3. The van der Waals surface area contributed by atoms with Crippen molar-refractivity contribution in [2.45, 2.75) is 168 Å². The monoisotopic (exact) mass is 574 g/mol. The molecule has 7 heteroatoms. The lowest BCUT2D eigenvalue weighted by atomic mass is 10.1. The van der Waals surface area contributed by atoms with Crippen molar-refractivity contribution < 1.29 is 22.9 Å². The van der Waals surface area contributed by atoms with Gasteiger partial charge in [0.05, 0.1) is 0 Å². The molecule has 0 rings (SSSR count). The smallest absolute Gasteiger partial charge is 0.373 e.